The molecule has 1 aromatic heterocycles. The van der Waals surface area contributed by atoms with Crippen LogP contribution in [0.2, 0.25) is 0 Å². The molecular formula is C14H19N3O3. The maximum atomic E-state index is 12.4. The fourth-order valence-electron chi connectivity index (χ4n) is 2.57. The zero-order valence-electron chi connectivity index (χ0n) is 11.7. The maximum absolute atomic E-state index is 12.4. The van der Waals surface area contributed by atoms with Gasteiger partial charge in [0.1, 0.15) is 5.69 Å². The summed E-state index contributed by atoms with van der Waals surface area (Å²) in [6.07, 6.45) is 0. The number of likely N-dealkylation sites (tertiary alicyclic amines) is 1. The fourth-order valence-corrected chi connectivity index (χ4v) is 2.57. The van der Waals surface area contributed by atoms with E-state index in [1.54, 1.807) is 24.1 Å². The normalized spacial score (nSPS) is 22.0. The first kappa shape index (κ1) is 14.5. The van der Waals surface area contributed by atoms with Crippen LogP contribution in [0.25, 0.3) is 0 Å². The van der Waals surface area contributed by atoms with E-state index in [9.17, 15) is 9.59 Å². The maximum Gasteiger partial charge on any atom is 0.272 e. The Kier molecular flexibility index (Phi) is 4.34. The van der Waals surface area contributed by atoms with Crippen LogP contribution in [0.3, 0.4) is 0 Å². The highest BCUT2D eigenvalue weighted by Gasteiger charge is 2.38. The standard InChI is InChI=1S/C14H19N3O3/c1-9-4-3-5-12(16-9)14(19)17-6-10(8-20-2)11(7-17)13(15)18/h3-5,10-11H,6-8H2,1-2H3,(H2,15,18)/t10-,11+/m0/s1. The van der Waals surface area contributed by atoms with Gasteiger partial charge in [-0.1, -0.05) is 6.07 Å². The highest BCUT2D eigenvalue weighted by Crippen LogP contribution is 2.24. The van der Waals surface area contributed by atoms with E-state index >= 15 is 0 Å². The molecule has 2 atom stereocenters. The van der Waals surface area contributed by atoms with Gasteiger partial charge in [-0.2, -0.15) is 0 Å². The molecule has 1 fully saturated rings. The Bertz CT molecular complexity index is 518. The van der Waals surface area contributed by atoms with E-state index in [0.29, 0.717) is 25.4 Å². The van der Waals surface area contributed by atoms with Crippen molar-refractivity contribution < 1.29 is 14.3 Å². The predicted molar refractivity (Wildman–Crippen MR) is 72.9 cm³/mol. The number of amides is 2. The first-order valence-electron chi connectivity index (χ1n) is 6.54. The van der Waals surface area contributed by atoms with Crippen LogP contribution < -0.4 is 5.73 Å². The molecular weight excluding hydrogens is 258 g/mol. The fraction of sp³-hybridized carbons (Fsp3) is 0.500. The molecule has 1 aliphatic rings. The van der Waals surface area contributed by atoms with Gasteiger partial charge in [-0.3, -0.25) is 9.59 Å². The van der Waals surface area contributed by atoms with Crippen molar-refractivity contribution in [3.8, 4) is 0 Å². The van der Waals surface area contributed by atoms with Crippen LogP contribution in [0.15, 0.2) is 18.2 Å². The van der Waals surface area contributed by atoms with Crippen LogP contribution >= 0.6 is 0 Å². The number of hydrogen-bond acceptors (Lipinski definition) is 4. The highest BCUT2D eigenvalue weighted by molar-refractivity contribution is 5.93. The summed E-state index contributed by atoms with van der Waals surface area (Å²) < 4.78 is 5.10. The molecule has 6 nitrogen and oxygen atoms in total. The molecule has 108 valence electrons. The van der Waals surface area contributed by atoms with Crippen LogP contribution in [0.1, 0.15) is 16.2 Å². The lowest BCUT2D eigenvalue weighted by Crippen LogP contribution is -2.32. The summed E-state index contributed by atoms with van der Waals surface area (Å²) >= 11 is 0. The second kappa shape index (κ2) is 6.00. The largest absolute Gasteiger partial charge is 0.384 e. The molecule has 2 heterocycles. The van der Waals surface area contributed by atoms with E-state index in [4.69, 9.17) is 10.5 Å². The number of ether oxygens (including phenoxy) is 1. The molecule has 0 unspecified atom stereocenters. The first-order valence-corrected chi connectivity index (χ1v) is 6.54. The number of primary amides is 1. The molecule has 2 rings (SSSR count). The molecule has 6 heteroatoms. The van der Waals surface area contributed by atoms with Crippen molar-refractivity contribution in [2.24, 2.45) is 17.6 Å². The summed E-state index contributed by atoms with van der Waals surface area (Å²) in [4.78, 5) is 29.7. The number of aromatic nitrogens is 1. The number of carbonyl (C=O) groups is 2. The Labute approximate surface area is 117 Å². The van der Waals surface area contributed by atoms with Gasteiger partial charge in [-0.15, -0.1) is 0 Å². The van der Waals surface area contributed by atoms with Gasteiger partial charge in [-0.05, 0) is 19.1 Å². The number of aryl methyl sites for hydroxylation is 1. The molecule has 0 aliphatic carbocycles. The molecule has 1 aliphatic heterocycles. The van der Waals surface area contributed by atoms with Gasteiger partial charge in [0.25, 0.3) is 5.91 Å². The second-order valence-electron chi connectivity index (χ2n) is 5.10. The summed E-state index contributed by atoms with van der Waals surface area (Å²) in [7, 11) is 1.57. The summed E-state index contributed by atoms with van der Waals surface area (Å²) in [6, 6.07) is 5.31. The number of nitrogens with two attached hydrogens (primary N) is 1. The van der Waals surface area contributed by atoms with Gasteiger partial charge in [0.05, 0.1) is 12.5 Å². The lowest BCUT2D eigenvalue weighted by Gasteiger charge is -2.15. The van der Waals surface area contributed by atoms with Gasteiger partial charge < -0.3 is 15.4 Å². The number of carbonyl (C=O) groups excluding carboxylic acids is 2. The number of rotatable bonds is 4. The monoisotopic (exact) mass is 277 g/mol. The van der Waals surface area contributed by atoms with Crippen molar-refractivity contribution >= 4 is 11.8 Å². The topological polar surface area (TPSA) is 85.5 Å². The van der Waals surface area contributed by atoms with E-state index in [0.717, 1.165) is 5.69 Å². The average molecular weight is 277 g/mol. The van der Waals surface area contributed by atoms with Crippen molar-refractivity contribution in [2.75, 3.05) is 26.8 Å². The lowest BCUT2D eigenvalue weighted by molar-refractivity contribution is -0.122. The van der Waals surface area contributed by atoms with Crippen LogP contribution in [-0.4, -0.2) is 48.5 Å². The first-order chi connectivity index (χ1) is 9.52. The zero-order valence-corrected chi connectivity index (χ0v) is 11.7. The predicted octanol–water partition coefficient (Wildman–Crippen LogP) is 0.210. The van der Waals surface area contributed by atoms with Crippen molar-refractivity contribution in [2.45, 2.75) is 6.92 Å². The van der Waals surface area contributed by atoms with Crippen LogP contribution in [0.4, 0.5) is 0 Å². The minimum absolute atomic E-state index is 0.0498. The molecule has 1 aromatic rings. The number of nitrogens with zero attached hydrogens (tertiary/aromatic N) is 2. The lowest BCUT2D eigenvalue weighted by atomic mass is 9.96. The molecule has 0 saturated carbocycles. The van der Waals surface area contributed by atoms with Crippen molar-refractivity contribution in [1.82, 2.24) is 9.88 Å². The summed E-state index contributed by atoms with van der Waals surface area (Å²) in [5, 5.41) is 0. The molecule has 2 amide bonds. The van der Waals surface area contributed by atoms with Gasteiger partial charge in [0.15, 0.2) is 0 Å². The summed E-state index contributed by atoms with van der Waals surface area (Å²) in [5.41, 5.74) is 6.58. The molecule has 0 radical (unpaired) electrons. The van der Waals surface area contributed by atoms with Crippen molar-refractivity contribution in [3.63, 3.8) is 0 Å². The van der Waals surface area contributed by atoms with Gasteiger partial charge in [-0.25, -0.2) is 4.98 Å². The van der Waals surface area contributed by atoms with Crippen LogP contribution in [0.5, 0.6) is 0 Å². The van der Waals surface area contributed by atoms with E-state index in [1.807, 2.05) is 13.0 Å². The van der Waals surface area contributed by atoms with E-state index in [1.165, 1.54) is 0 Å². The molecule has 0 aromatic carbocycles. The quantitative estimate of drug-likeness (QED) is 0.852. The van der Waals surface area contributed by atoms with Crippen LogP contribution in [0, 0.1) is 18.8 Å². The Balaban J connectivity index is 2.14. The van der Waals surface area contributed by atoms with Crippen LogP contribution in [-0.2, 0) is 9.53 Å². The number of methoxy groups -OCH3 is 1. The molecule has 1 saturated heterocycles. The highest BCUT2D eigenvalue weighted by atomic mass is 16.5. The van der Waals surface area contributed by atoms with E-state index in [2.05, 4.69) is 4.98 Å². The minimum Gasteiger partial charge on any atom is -0.384 e. The minimum atomic E-state index is -0.389. The van der Waals surface area contributed by atoms with E-state index in [-0.39, 0.29) is 23.7 Å². The number of pyridine rings is 1. The smallest absolute Gasteiger partial charge is 0.272 e. The van der Waals surface area contributed by atoms with Crippen molar-refractivity contribution in [1.29, 1.82) is 0 Å². The van der Waals surface area contributed by atoms with Gasteiger partial charge >= 0.3 is 0 Å². The average Bonchev–Trinajstić information content (AvgIpc) is 2.82. The van der Waals surface area contributed by atoms with E-state index < -0.39 is 0 Å². The van der Waals surface area contributed by atoms with Gasteiger partial charge in [0, 0.05) is 31.8 Å². The molecule has 0 spiro atoms. The molecule has 20 heavy (non-hydrogen) atoms. The van der Waals surface area contributed by atoms with Crippen molar-refractivity contribution in [3.05, 3.63) is 29.6 Å². The summed E-state index contributed by atoms with van der Waals surface area (Å²) in [5.74, 6) is -0.965. The van der Waals surface area contributed by atoms with Gasteiger partial charge in [0.2, 0.25) is 5.91 Å². The second-order valence-corrected chi connectivity index (χ2v) is 5.10. The SMILES string of the molecule is COC[C@@H]1CN(C(=O)c2cccc(C)n2)C[C@H]1C(N)=O. The zero-order chi connectivity index (χ0) is 14.7. The Hall–Kier alpha value is -1.95. The molecule has 2 N–H and O–H groups in total. The Morgan fingerprint density at radius 2 is 2.20 bits per heavy atom. The third-order valence-corrected chi connectivity index (χ3v) is 3.58. The Morgan fingerprint density at radius 3 is 2.80 bits per heavy atom. The third kappa shape index (κ3) is 2.96. The Morgan fingerprint density at radius 1 is 1.45 bits per heavy atom. The number of hydrogen-bond donors (Lipinski definition) is 1. The third-order valence-electron chi connectivity index (χ3n) is 3.58. The summed E-state index contributed by atoms with van der Waals surface area (Å²) in [6.45, 7) is 3.05. The molecule has 0 bridgehead atoms.